The number of benzene rings is 2. The first-order chi connectivity index (χ1) is 17.3. The van der Waals surface area contributed by atoms with Gasteiger partial charge in [-0.2, -0.15) is 5.26 Å². The van der Waals surface area contributed by atoms with Crippen LogP contribution in [0.3, 0.4) is 0 Å². The smallest absolute Gasteiger partial charge is 0.407 e. The van der Waals surface area contributed by atoms with Gasteiger partial charge in [-0.15, -0.1) is 0 Å². The van der Waals surface area contributed by atoms with Crippen molar-refractivity contribution in [2.75, 3.05) is 13.7 Å². The van der Waals surface area contributed by atoms with Crippen LogP contribution in [-0.4, -0.2) is 48.9 Å². The Balaban J connectivity index is 1.88. The predicted molar refractivity (Wildman–Crippen MR) is 127 cm³/mol. The minimum absolute atomic E-state index is 0.000619. The first kappa shape index (κ1) is 23.0. The minimum atomic E-state index is -1.14. The zero-order valence-corrected chi connectivity index (χ0v) is 19.5. The van der Waals surface area contributed by atoms with Crippen molar-refractivity contribution in [3.05, 3.63) is 70.4 Å². The quantitative estimate of drug-likeness (QED) is 0.465. The number of methoxy groups -OCH3 is 1. The molecule has 0 radical (unpaired) electrons. The molecule has 0 spiro atoms. The van der Waals surface area contributed by atoms with Crippen molar-refractivity contribution >= 4 is 17.0 Å². The third-order valence-corrected chi connectivity index (χ3v) is 6.30. The van der Waals surface area contributed by atoms with E-state index in [9.17, 15) is 24.3 Å². The minimum Gasteiger partial charge on any atom is -0.494 e. The zero-order chi connectivity index (χ0) is 25.6. The Hall–Kier alpha value is -4.72. The Morgan fingerprint density at radius 1 is 1.31 bits per heavy atom. The summed E-state index contributed by atoms with van der Waals surface area (Å²) < 4.78 is 22.6. The van der Waals surface area contributed by atoms with Crippen molar-refractivity contribution in [2.45, 2.75) is 18.9 Å². The molecule has 1 N–H and O–H groups in total. The van der Waals surface area contributed by atoms with E-state index in [1.54, 1.807) is 30.2 Å². The molecular weight excluding hydrogens is 467 g/mol. The van der Waals surface area contributed by atoms with E-state index in [2.05, 4.69) is 11.1 Å². The number of rotatable bonds is 4. The van der Waals surface area contributed by atoms with Crippen LogP contribution in [0.1, 0.15) is 30.3 Å². The lowest BCUT2D eigenvalue weighted by Crippen LogP contribution is -2.34. The van der Waals surface area contributed by atoms with E-state index in [4.69, 9.17) is 9.72 Å². The van der Waals surface area contributed by atoms with Gasteiger partial charge in [0, 0.05) is 31.4 Å². The second-order valence-corrected chi connectivity index (χ2v) is 8.52. The van der Waals surface area contributed by atoms with E-state index in [-0.39, 0.29) is 40.3 Å². The van der Waals surface area contributed by atoms with E-state index in [0.717, 1.165) is 6.07 Å². The molecule has 1 fully saturated rings. The Labute approximate surface area is 204 Å². The topological polar surface area (TPSA) is 126 Å². The molecule has 5 rings (SSSR count). The van der Waals surface area contributed by atoms with Crippen molar-refractivity contribution in [1.82, 2.24) is 24.0 Å². The average Bonchev–Trinajstić information content (AvgIpc) is 3.53. The van der Waals surface area contributed by atoms with Crippen LogP contribution in [0.2, 0.25) is 0 Å². The molecule has 3 heterocycles. The van der Waals surface area contributed by atoms with Crippen LogP contribution in [0, 0.1) is 17.1 Å². The number of amides is 1. The highest BCUT2D eigenvalue weighted by molar-refractivity contribution is 5.93. The van der Waals surface area contributed by atoms with Crippen LogP contribution >= 0.6 is 0 Å². The van der Waals surface area contributed by atoms with Gasteiger partial charge in [0.1, 0.15) is 5.82 Å². The molecule has 0 bridgehead atoms. The van der Waals surface area contributed by atoms with Crippen LogP contribution in [0.25, 0.3) is 27.8 Å². The predicted octanol–water partition coefficient (Wildman–Crippen LogP) is 3.62. The lowest BCUT2D eigenvalue weighted by molar-refractivity contribution is 0.138. The molecule has 1 amide bonds. The molecule has 4 aromatic rings. The summed E-state index contributed by atoms with van der Waals surface area (Å²) in [6.07, 6.45) is 3.22. The number of fused-ring (bicyclic) bond motifs is 1. The monoisotopic (exact) mass is 488 g/mol. The molecule has 182 valence electrons. The van der Waals surface area contributed by atoms with Gasteiger partial charge in [-0.1, -0.05) is 0 Å². The number of nitrogens with zero attached hydrogens (tertiary/aromatic N) is 6. The fourth-order valence-electron chi connectivity index (χ4n) is 4.65. The first-order valence-electron chi connectivity index (χ1n) is 11.1. The molecule has 36 heavy (non-hydrogen) atoms. The van der Waals surface area contributed by atoms with E-state index in [1.807, 2.05) is 0 Å². The number of aryl methyl sites for hydroxylation is 1. The molecule has 10 nitrogen and oxygen atoms in total. The number of ether oxygens (including phenoxy) is 1. The molecule has 2 aromatic heterocycles. The van der Waals surface area contributed by atoms with E-state index in [0.29, 0.717) is 24.1 Å². The normalized spacial score (nSPS) is 15.3. The maximum Gasteiger partial charge on any atom is 0.407 e. The number of imidazole rings is 1. The highest BCUT2D eigenvalue weighted by atomic mass is 19.1. The Bertz CT molecular complexity index is 1620. The first-order valence-corrected chi connectivity index (χ1v) is 11.1. The van der Waals surface area contributed by atoms with Crippen LogP contribution in [0.5, 0.6) is 5.75 Å². The summed E-state index contributed by atoms with van der Waals surface area (Å²) in [5.41, 5.74) is 1.11. The van der Waals surface area contributed by atoms with Gasteiger partial charge in [-0.05, 0) is 37.1 Å². The summed E-state index contributed by atoms with van der Waals surface area (Å²) in [7, 11) is 3.12. The van der Waals surface area contributed by atoms with E-state index in [1.165, 1.54) is 34.8 Å². The third-order valence-electron chi connectivity index (χ3n) is 6.30. The van der Waals surface area contributed by atoms with Crippen LogP contribution in [-0.2, 0) is 7.05 Å². The molecule has 2 aromatic carbocycles. The number of hydrogen-bond donors (Lipinski definition) is 1. The van der Waals surface area contributed by atoms with Crippen LogP contribution < -0.4 is 10.3 Å². The molecular formula is C25H21FN6O4. The lowest BCUT2D eigenvalue weighted by Gasteiger charge is -2.25. The molecule has 0 saturated carbocycles. The van der Waals surface area contributed by atoms with Gasteiger partial charge in [0.2, 0.25) is 0 Å². The number of halogens is 1. The molecule has 1 aliphatic heterocycles. The number of hydrogen-bond acceptors (Lipinski definition) is 6. The van der Waals surface area contributed by atoms with Gasteiger partial charge >= 0.3 is 6.09 Å². The standard InChI is InChI=1S/C25H21FN6O4/c1-30-12-19(28-13-30)16-8-14(11-27)9-17-22(16)29-23(20-4-3-7-31(20)25(34)35)32(24(17)33)15-5-6-21(36-2)18(26)10-15/h5-6,8-10,12-13,20H,3-4,7H2,1-2H3,(H,34,35)/t20-/m1/s1. The summed E-state index contributed by atoms with van der Waals surface area (Å²) in [5.74, 6) is -0.521. The Kier molecular flexibility index (Phi) is 5.64. The third kappa shape index (κ3) is 3.73. The highest BCUT2D eigenvalue weighted by Crippen LogP contribution is 2.35. The average molecular weight is 488 g/mol. The number of nitriles is 1. The maximum absolute atomic E-state index is 14.7. The second kappa shape index (κ2) is 8.81. The molecule has 1 atom stereocenters. The summed E-state index contributed by atoms with van der Waals surface area (Å²) in [5, 5.41) is 19.6. The molecule has 1 aliphatic rings. The van der Waals surface area contributed by atoms with Crippen molar-refractivity contribution in [3.8, 4) is 28.8 Å². The summed E-state index contributed by atoms with van der Waals surface area (Å²) in [6, 6.07) is 8.41. The van der Waals surface area contributed by atoms with Crippen LogP contribution in [0.15, 0.2) is 47.7 Å². The van der Waals surface area contributed by atoms with Gasteiger partial charge in [-0.25, -0.2) is 19.2 Å². The van der Waals surface area contributed by atoms with Gasteiger partial charge < -0.3 is 14.4 Å². The van der Waals surface area contributed by atoms with Crippen molar-refractivity contribution in [2.24, 2.45) is 7.05 Å². The fraction of sp³-hybridized carbons (Fsp3) is 0.240. The Morgan fingerprint density at radius 3 is 2.75 bits per heavy atom. The van der Waals surface area contributed by atoms with Gasteiger partial charge in [-0.3, -0.25) is 14.3 Å². The second-order valence-electron chi connectivity index (χ2n) is 8.52. The number of carbonyl (C=O) groups is 1. The SMILES string of the molecule is COc1ccc(-n2c([C@H]3CCCN3C(=O)O)nc3c(-c4cn(C)cn4)cc(C#N)cc3c2=O)cc1F. The highest BCUT2D eigenvalue weighted by Gasteiger charge is 2.34. The summed E-state index contributed by atoms with van der Waals surface area (Å²) in [4.78, 5) is 36.3. The van der Waals surface area contributed by atoms with Crippen LogP contribution in [0.4, 0.5) is 9.18 Å². The van der Waals surface area contributed by atoms with Gasteiger partial charge in [0.15, 0.2) is 11.6 Å². The van der Waals surface area contributed by atoms with Gasteiger partial charge in [0.05, 0.1) is 53.4 Å². The molecule has 1 saturated heterocycles. The fourth-order valence-corrected chi connectivity index (χ4v) is 4.65. The molecule has 0 unspecified atom stereocenters. The largest absolute Gasteiger partial charge is 0.494 e. The molecule has 0 aliphatic carbocycles. The van der Waals surface area contributed by atoms with Crippen molar-refractivity contribution in [1.29, 1.82) is 5.26 Å². The van der Waals surface area contributed by atoms with Crippen molar-refractivity contribution in [3.63, 3.8) is 0 Å². The van der Waals surface area contributed by atoms with E-state index < -0.39 is 23.5 Å². The van der Waals surface area contributed by atoms with Gasteiger partial charge in [0.25, 0.3) is 5.56 Å². The number of aromatic nitrogens is 4. The molecule has 11 heteroatoms. The zero-order valence-electron chi connectivity index (χ0n) is 19.5. The lowest BCUT2D eigenvalue weighted by atomic mass is 10.0. The van der Waals surface area contributed by atoms with E-state index >= 15 is 0 Å². The summed E-state index contributed by atoms with van der Waals surface area (Å²) >= 11 is 0. The Morgan fingerprint density at radius 2 is 2.11 bits per heavy atom. The number of carboxylic acid groups (broad SMARTS) is 1. The number of likely N-dealkylation sites (tertiary alicyclic amines) is 1. The van der Waals surface area contributed by atoms with Crippen molar-refractivity contribution < 1.29 is 19.0 Å². The maximum atomic E-state index is 14.7. The summed E-state index contributed by atoms with van der Waals surface area (Å²) in [6.45, 7) is 0.283.